The lowest BCUT2D eigenvalue weighted by Crippen LogP contribution is -2.57. The summed E-state index contributed by atoms with van der Waals surface area (Å²) in [4.78, 5) is 0. The highest BCUT2D eigenvalue weighted by Gasteiger charge is 2.43. The maximum Gasteiger partial charge on any atom is 0.132 e. The molecule has 0 aliphatic carbocycles. The monoisotopic (exact) mass is 308 g/mol. The van der Waals surface area contributed by atoms with Crippen molar-refractivity contribution in [3.8, 4) is 0 Å². The minimum absolute atomic E-state index is 0.299. The number of hydrogen-bond donors (Lipinski definition) is 4. The molecule has 0 aromatic carbocycles. The van der Waals surface area contributed by atoms with Crippen LogP contribution in [-0.2, 0) is 4.74 Å². The van der Waals surface area contributed by atoms with E-state index in [1.807, 2.05) is 0 Å². The first-order chi connectivity index (χ1) is 9.51. The van der Waals surface area contributed by atoms with Gasteiger partial charge in [0.2, 0.25) is 0 Å². The molecule has 0 saturated carbocycles. The van der Waals surface area contributed by atoms with Gasteiger partial charge < -0.3 is 25.2 Å². The fourth-order valence-corrected chi connectivity index (χ4v) is 3.62. The molecule has 0 amide bonds. The molecule has 2 unspecified atom stereocenters. The summed E-state index contributed by atoms with van der Waals surface area (Å²) in [6.45, 7) is 3.87. The van der Waals surface area contributed by atoms with Crippen molar-refractivity contribution in [2.45, 2.75) is 81.1 Å². The smallest absolute Gasteiger partial charge is 0.132 e. The number of unbranched alkanes of at least 4 members (excludes halogenated alkanes) is 3. The molecule has 1 fully saturated rings. The molecule has 120 valence electrons. The Bertz CT molecular complexity index is 264. The molecule has 0 radical (unpaired) electrons. The SMILES string of the molecule is CCCCCCC(C)SC1O[C@H](CO)[C@@H](O)[C@H](O)[C@H]1O. The van der Waals surface area contributed by atoms with Crippen LogP contribution in [0.2, 0.25) is 0 Å². The predicted molar refractivity (Wildman–Crippen MR) is 79.6 cm³/mol. The Morgan fingerprint density at radius 1 is 1.05 bits per heavy atom. The summed E-state index contributed by atoms with van der Waals surface area (Å²) in [6, 6.07) is 0. The van der Waals surface area contributed by atoms with Crippen molar-refractivity contribution in [3.05, 3.63) is 0 Å². The molecular weight excluding hydrogens is 280 g/mol. The van der Waals surface area contributed by atoms with Crippen molar-refractivity contribution in [3.63, 3.8) is 0 Å². The summed E-state index contributed by atoms with van der Waals surface area (Å²) in [6.07, 6.45) is 1.33. The van der Waals surface area contributed by atoms with Crippen molar-refractivity contribution in [2.24, 2.45) is 0 Å². The quantitative estimate of drug-likeness (QED) is 0.498. The molecule has 20 heavy (non-hydrogen) atoms. The number of thioether (sulfide) groups is 1. The predicted octanol–water partition coefficient (Wildman–Crippen LogP) is 0.878. The Labute approximate surface area is 125 Å². The summed E-state index contributed by atoms with van der Waals surface area (Å²) in [5, 5.41) is 38.8. The maximum atomic E-state index is 9.94. The van der Waals surface area contributed by atoms with Gasteiger partial charge in [0.1, 0.15) is 29.9 Å². The van der Waals surface area contributed by atoms with E-state index in [0.717, 1.165) is 12.8 Å². The van der Waals surface area contributed by atoms with E-state index < -0.39 is 29.9 Å². The molecule has 6 atom stereocenters. The van der Waals surface area contributed by atoms with Gasteiger partial charge in [-0.2, -0.15) is 0 Å². The Morgan fingerprint density at radius 3 is 2.35 bits per heavy atom. The van der Waals surface area contributed by atoms with Crippen molar-refractivity contribution < 1.29 is 25.2 Å². The molecule has 1 aliphatic rings. The van der Waals surface area contributed by atoms with Gasteiger partial charge in [-0.05, 0) is 6.42 Å². The van der Waals surface area contributed by atoms with Crippen molar-refractivity contribution >= 4 is 11.8 Å². The average molecular weight is 308 g/mol. The Kier molecular flexibility index (Phi) is 8.39. The number of rotatable bonds is 8. The Hall–Kier alpha value is 0.150. The second-order valence-corrected chi connectivity index (χ2v) is 7.03. The second-order valence-electron chi connectivity index (χ2n) is 5.49. The van der Waals surface area contributed by atoms with Gasteiger partial charge in [0.25, 0.3) is 0 Å². The molecule has 6 heteroatoms. The minimum Gasteiger partial charge on any atom is -0.394 e. The van der Waals surface area contributed by atoms with E-state index in [9.17, 15) is 15.3 Å². The first-order valence-corrected chi connectivity index (χ1v) is 8.41. The number of aliphatic hydroxyl groups is 4. The van der Waals surface area contributed by atoms with Crippen molar-refractivity contribution in [2.75, 3.05) is 6.61 Å². The van der Waals surface area contributed by atoms with E-state index in [1.54, 1.807) is 0 Å². The van der Waals surface area contributed by atoms with Crippen LogP contribution >= 0.6 is 11.8 Å². The lowest BCUT2D eigenvalue weighted by Gasteiger charge is -2.40. The molecule has 4 N–H and O–H groups in total. The first-order valence-electron chi connectivity index (χ1n) is 7.47. The lowest BCUT2D eigenvalue weighted by molar-refractivity contribution is -0.205. The second kappa shape index (κ2) is 9.23. The lowest BCUT2D eigenvalue weighted by atomic mass is 10.0. The number of hydrogen-bond acceptors (Lipinski definition) is 6. The summed E-state index contributed by atoms with van der Waals surface area (Å²) >= 11 is 1.46. The molecule has 0 aromatic heterocycles. The molecule has 0 aromatic rings. The highest BCUT2D eigenvalue weighted by atomic mass is 32.2. The van der Waals surface area contributed by atoms with E-state index in [-0.39, 0.29) is 6.61 Å². The van der Waals surface area contributed by atoms with Crippen LogP contribution in [0.3, 0.4) is 0 Å². The third-order valence-electron chi connectivity index (χ3n) is 3.68. The maximum absolute atomic E-state index is 9.94. The zero-order valence-electron chi connectivity index (χ0n) is 12.3. The van der Waals surface area contributed by atoms with Crippen LogP contribution in [0.25, 0.3) is 0 Å². The molecular formula is C14H28O5S. The molecule has 1 rings (SSSR count). The molecule has 1 saturated heterocycles. The highest BCUT2D eigenvalue weighted by molar-refractivity contribution is 8.00. The van der Waals surface area contributed by atoms with Gasteiger partial charge in [0.15, 0.2) is 0 Å². The van der Waals surface area contributed by atoms with Gasteiger partial charge >= 0.3 is 0 Å². The van der Waals surface area contributed by atoms with Gasteiger partial charge in [0, 0.05) is 5.25 Å². The minimum atomic E-state index is -1.27. The Balaban J connectivity index is 2.40. The van der Waals surface area contributed by atoms with Gasteiger partial charge in [-0.25, -0.2) is 0 Å². The summed E-state index contributed by atoms with van der Waals surface area (Å²) in [5.41, 5.74) is -0.605. The third-order valence-corrected chi connectivity index (χ3v) is 5.04. The van der Waals surface area contributed by atoms with Gasteiger partial charge in [-0.15, -0.1) is 11.8 Å². The van der Waals surface area contributed by atoms with E-state index in [2.05, 4.69) is 13.8 Å². The summed E-state index contributed by atoms with van der Waals surface area (Å²) in [7, 11) is 0. The largest absolute Gasteiger partial charge is 0.394 e. The molecule has 1 aliphatic heterocycles. The number of aliphatic hydroxyl groups excluding tert-OH is 4. The van der Waals surface area contributed by atoms with Gasteiger partial charge in [-0.3, -0.25) is 0 Å². The number of ether oxygens (including phenoxy) is 1. The fraction of sp³-hybridized carbons (Fsp3) is 1.00. The first kappa shape index (κ1) is 18.2. The molecule has 0 bridgehead atoms. The van der Waals surface area contributed by atoms with E-state index in [4.69, 9.17) is 9.84 Å². The molecule has 1 heterocycles. The van der Waals surface area contributed by atoms with Crippen LogP contribution in [-0.4, -0.2) is 62.1 Å². The summed E-state index contributed by atoms with van der Waals surface area (Å²) in [5.74, 6) is 0. The normalized spacial score (nSPS) is 36.0. The average Bonchev–Trinajstić information content (AvgIpc) is 2.44. The molecule has 0 spiro atoms. The van der Waals surface area contributed by atoms with Gasteiger partial charge in [-0.1, -0.05) is 39.5 Å². The standard InChI is InChI=1S/C14H28O5S/c1-3-4-5-6-7-9(2)20-14-13(18)12(17)11(16)10(8-15)19-14/h9-18H,3-8H2,1-2H3/t9?,10-,11-,12+,13-,14?/m1/s1. The van der Waals surface area contributed by atoms with Crippen LogP contribution in [0.5, 0.6) is 0 Å². The fourth-order valence-electron chi connectivity index (χ4n) is 2.34. The topological polar surface area (TPSA) is 90.2 Å². The van der Waals surface area contributed by atoms with E-state index in [0.29, 0.717) is 5.25 Å². The molecule has 5 nitrogen and oxygen atoms in total. The third kappa shape index (κ3) is 5.16. The zero-order valence-corrected chi connectivity index (χ0v) is 13.1. The van der Waals surface area contributed by atoms with E-state index in [1.165, 1.54) is 31.0 Å². The van der Waals surface area contributed by atoms with E-state index >= 15 is 0 Å². The van der Waals surface area contributed by atoms with Crippen LogP contribution in [0, 0.1) is 0 Å². The zero-order chi connectivity index (χ0) is 15.1. The summed E-state index contributed by atoms with van der Waals surface area (Å²) < 4.78 is 5.48. The van der Waals surface area contributed by atoms with Crippen LogP contribution in [0.1, 0.15) is 46.0 Å². The van der Waals surface area contributed by atoms with Crippen molar-refractivity contribution in [1.29, 1.82) is 0 Å². The van der Waals surface area contributed by atoms with Crippen LogP contribution in [0.15, 0.2) is 0 Å². The highest BCUT2D eigenvalue weighted by Crippen LogP contribution is 2.32. The Morgan fingerprint density at radius 2 is 1.75 bits per heavy atom. The van der Waals surface area contributed by atoms with Crippen molar-refractivity contribution in [1.82, 2.24) is 0 Å². The van der Waals surface area contributed by atoms with Crippen LogP contribution in [0.4, 0.5) is 0 Å². The van der Waals surface area contributed by atoms with Gasteiger partial charge in [0.05, 0.1) is 6.61 Å². The van der Waals surface area contributed by atoms with Crippen LogP contribution < -0.4 is 0 Å².